The fraction of sp³-hybridized carbons (Fsp3) is 0.364. The predicted octanol–water partition coefficient (Wildman–Crippen LogP) is 1.68. The van der Waals surface area contributed by atoms with Gasteiger partial charge in [0.1, 0.15) is 0 Å². The maximum atomic E-state index is 11.0. The van der Waals surface area contributed by atoms with Crippen molar-refractivity contribution in [3.8, 4) is 0 Å². The van der Waals surface area contributed by atoms with Gasteiger partial charge in [-0.1, -0.05) is 11.6 Å². The Kier molecular flexibility index (Phi) is 5.06. The van der Waals surface area contributed by atoms with Crippen LogP contribution in [0, 0.1) is 10.1 Å². The minimum Gasteiger partial charge on any atom is -0.469 e. The molecular formula is C11H13ClN2O4. The van der Waals surface area contributed by atoms with Gasteiger partial charge in [0.05, 0.1) is 18.5 Å². The number of nitro benzene ring substituents is 1. The normalized spacial score (nSPS) is 11.9. The lowest BCUT2D eigenvalue weighted by Crippen LogP contribution is -2.27. The SMILES string of the molecule is COC(=O)CC(N)Cc1cc(Cl)ccc1[N+](=O)[O-]. The van der Waals surface area contributed by atoms with E-state index in [0.717, 1.165) is 0 Å². The summed E-state index contributed by atoms with van der Waals surface area (Å²) in [5, 5.41) is 11.2. The fourth-order valence-corrected chi connectivity index (χ4v) is 1.74. The molecular weight excluding hydrogens is 260 g/mol. The van der Waals surface area contributed by atoms with Crippen LogP contribution in [0.3, 0.4) is 0 Å². The van der Waals surface area contributed by atoms with Gasteiger partial charge >= 0.3 is 5.97 Å². The Labute approximate surface area is 109 Å². The predicted molar refractivity (Wildman–Crippen MR) is 66.4 cm³/mol. The molecule has 1 aromatic carbocycles. The molecule has 0 bridgehead atoms. The van der Waals surface area contributed by atoms with Crippen molar-refractivity contribution < 1.29 is 14.5 Å². The monoisotopic (exact) mass is 272 g/mol. The molecule has 0 fully saturated rings. The van der Waals surface area contributed by atoms with Crippen LogP contribution in [0.2, 0.25) is 5.02 Å². The summed E-state index contributed by atoms with van der Waals surface area (Å²) in [6.45, 7) is 0. The first kappa shape index (κ1) is 14.4. The lowest BCUT2D eigenvalue weighted by atomic mass is 10.0. The van der Waals surface area contributed by atoms with Crippen molar-refractivity contribution >= 4 is 23.3 Å². The quantitative estimate of drug-likeness (QED) is 0.500. The first-order valence-electron chi connectivity index (χ1n) is 5.19. The lowest BCUT2D eigenvalue weighted by molar-refractivity contribution is -0.385. The van der Waals surface area contributed by atoms with E-state index in [-0.39, 0.29) is 18.5 Å². The minimum absolute atomic E-state index is 0.000166. The topological polar surface area (TPSA) is 95.5 Å². The smallest absolute Gasteiger partial charge is 0.307 e. The second kappa shape index (κ2) is 6.32. The highest BCUT2D eigenvalue weighted by Crippen LogP contribution is 2.24. The number of methoxy groups -OCH3 is 1. The first-order chi connectivity index (χ1) is 8.43. The van der Waals surface area contributed by atoms with E-state index < -0.39 is 16.9 Å². The highest BCUT2D eigenvalue weighted by atomic mass is 35.5. The zero-order valence-corrected chi connectivity index (χ0v) is 10.5. The third-order valence-corrected chi connectivity index (χ3v) is 2.61. The number of hydrogen-bond donors (Lipinski definition) is 1. The van der Waals surface area contributed by atoms with Crippen molar-refractivity contribution in [3.05, 3.63) is 38.9 Å². The minimum atomic E-state index is -0.547. The van der Waals surface area contributed by atoms with Gasteiger partial charge in [0.2, 0.25) is 0 Å². The van der Waals surface area contributed by atoms with Crippen molar-refractivity contribution in [1.82, 2.24) is 0 Å². The molecule has 0 saturated heterocycles. The molecule has 98 valence electrons. The van der Waals surface area contributed by atoms with E-state index in [4.69, 9.17) is 17.3 Å². The van der Waals surface area contributed by atoms with E-state index in [9.17, 15) is 14.9 Å². The standard InChI is InChI=1S/C11H13ClN2O4/c1-18-11(15)6-9(13)5-7-4-8(12)2-3-10(7)14(16)17/h2-4,9H,5-6,13H2,1H3. The van der Waals surface area contributed by atoms with Crippen LogP contribution >= 0.6 is 11.6 Å². The summed E-state index contributed by atoms with van der Waals surface area (Å²) in [4.78, 5) is 21.4. The third kappa shape index (κ3) is 3.97. The highest BCUT2D eigenvalue weighted by Gasteiger charge is 2.18. The van der Waals surface area contributed by atoms with Gasteiger partial charge in [-0.2, -0.15) is 0 Å². The summed E-state index contributed by atoms with van der Waals surface area (Å²) in [6.07, 6.45) is 0.187. The zero-order valence-electron chi connectivity index (χ0n) is 9.76. The molecule has 1 aromatic rings. The Bertz CT molecular complexity index is 464. The summed E-state index contributed by atoms with van der Waals surface area (Å²) >= 11 is 5.78. The molecule has 0 saturated carbocycles. The molecule has 1 unspecified atom stereocenters. The summed E-state index contributed by atoms with van der Waals surface area (Å²) in [6, 6.07) is 3.70. The van der Waals surface area contributed by atoms with Crippen LogP contribution in [0.15, 0.2) is 18.2 Å². The molecule has 0 aromatic heterocycles. The van der Waals surface area contributed by atoms with Crippen molar-refractivity contribution in [2.24, 2.45) is 5.73 Å². The zero-order chi connectivity index (χ0) is 13.7. The molecule has 18 heavy (non-hydrogen) atoms. The Balaban J connectivity index is 2.85. The summed E-state index contributed by atoms with van der Waals surface area (Å²) < 4.78 is 4.48. The number of ether oxygens (including phenoxy) is 1. The van der Waals surface area contributed by atoms with Crippen molar-refractivity contribution in [2.75, 3.05) is 7.11 Å². The molecule has 0 aliphatic heterocycles. The molecule has 0 aliphatic rings. The first-order valence-corrected chi connectivity index (χ1v) is 5.57. The molecule has 0 radical (unpaired) electrons. The van der Waals surface area contributed by atoms with E-state index in [1.165, 1.54) is 25.3 Å². The molecule has 6 nitrogen and oxygen atoms in total. The van der Waals surface area contributed by atoms with Gasteiger partial charge in [0, 0.05) is 22.7 Å². The van der Waals surface area contributed by atoms with E-state index in [2.05, 4.69) is 4.74 Å². The van der Waals surface area contributed by atoms with E-state index in [1.807, 2.05) is 0 Å². The molecule has 1 rings (SSSR count). The Hall–Kier alpha value is -1.66. The number of carbonyl (C=O) groups is 1. The van der Waals surface area contributed by atoms with Gasteiger partial charge in [0.15, 0.2) is 0 Å². The molecule has 1 atom stereocenters. The largest absolute Gasteiger partial charge is 0.469 e. The second-order valence-corrected chi connectivity index (χ2v) is 4.21. The average molecular weight is 273 g/mol. The highest BCUT2D eigenvalue weighted by molar-refractivity contribution is 6.30. The molecule has 2 N–H and O–H groups in total. The van der Waals surface area contributed by atoms with Gasteiger partial charge in [-0.15, -0.1) is 0 Å². The van der Waals surface area contributed by atoms with Crippen LogP contribution in [0.5, 0.6) is 0 Å². The number of nitrogens with two attached hydrogens (primary N) is 1. The molecule has 0 heterocycles. The van der Waals surface area contributed by atoms with Gasteiger partial charge in [-0.05, 0) is 18.6 Å². The molecule has 0 amide bonds. The maximum Gasteiger partial charge on any atom is 0.307 e. The molecule has 0 aliphatic carbocycles. The number of carbonyl (C=O) groups excluding carboxylic acids is 1. The van der Waals surface area contributed by atoms with E-state index >= 15 is 0 Å². The van der Waals surface area contributed by atoms with Crippen LogP contribution in [-0.4, -0.2) is 24.0 Å². The number of benzene rings is 1. The van der Waals surface area contributed by atoms with Crippen molar-refractivity contribution in [1.29, 1.82) is 0 Å². The van der Waals surface area contributed by atoms with Crippen LogP contribution in [0.4, 0.5) is 5.69 Å². The second-order valence-electron chi connectivity index (χ2n) is 3.77. The summed E-state index contributed by atoms with van der Waals surface area (Å²) in [5.74, 6) is -0.452. The number of nitrogens with zero attached hydrogens (tertiary/aromatic N) is 1. The Morgan fingerprint density at radius 1 is 1.61 bits per heavy atom. The fourth-order valence-electron chi connectivity index (χ4n) is 1.55. The number of nitro groups is 1. The van der Waals surface area contributed by atoms with Gasteiger partial charge in [0.25, 0.3) is 5.69 Å². The van der Waals surface area contributed by atoms with E-state index in [0.29, 0.717) is 10.6 Å². The molecule has 7 heteroatoms. The molecule has 0 spiro atoms. The number of esters is 1. The third-order valence-electron chi connectivity index (χ3n) is 2.38. The Morgan fingerprint density at radius 3 is 2.83 bits per heavy atom. The van der Waals surface area contributed by atoms with E-state index in [1.54, 1.807) is 0 Å². The van der Waals surface area contributed by atoms with Crippen LogP contribution in [0.25, 0.3) is 0 Å². The average Bonchev–Trinajstić information content (AvgIpc) is 2.28. The number of rotatable bonds is 5. The van der Waals surface area contributed by atoms with Crippen molar-refractivity contribution in [2.45, 2.75) is 18.9 Å². The van der Waals surface area contributed by atoms with Gasteiger partial charge in [-0.25, -0.2) is 0 Å². The van der Waals surface area contributed by atoms with Crippen molar-refractivity contribution in [3.63, 3.8) is 0 Å². The maximum absolute atomic E-state index is 11.0. The van der Waals surface area contributed by atoms with Crippen LogP contribution < -0.4 is 5.73 Å². The summed E-state index contributed by atoms with van der Waals surface area (Å²) in [7, 11) is 1.26. The number of hydrogen-bond acceptors (Lipinski definition) is 5. The van der Waals surface area contributed by atoms with Crippen LogP contribution in [0.1, 0.15) is 12.0 Å². The Morgan fingerprint density at radius 2 is 2.28 bits per heavy atom. The van der Waals surface area contributed by atoms with Gasteiger partial charge < -0.3 is 10.5 Å². The van der Waals surface area contributed by atoms with Gasteiger partial charge in [-0.3, -0.25) is 14.9 Å². The summed E-state index contributed by atoms with van der Waals surface area (Å²) in [5.41, 5.74) is 6.09. The van der Waals surface area contributed by atoms with Crippen LogP contribution in [-0.2, 0) is 16.0 Å². The lowest BCUT2D eigenvalue weighted by Gasteiger charge is -2.10. The number of halogens is 1.